The van der Waals surface area contributed by atoms with Gasteiger partial charge in [-0.25, -0.2) is 9.97 Å². The highest BCUT2D eigenvalue weighted by molar-refractivity contribution is 6.03. The van der Waals surface area contributed by atoms with E-state index in [4.69, 9.17) is 4.74 Å². The normalized spacial score (nSPS) is 10.2. The number of hydrogen-bond donors (Lipinski definition) is 1. The van der Waals surface area contributed by atoms with Crippen molar-refractivity contribution in [3.63, 3.8) is 0 Å². The third-order valence-corrected chi connectivity index (χ3v) is 3.00. The number of ether oxygens (including phenoxy) is 1. The summed E-state index contributed by atoms with van der Waals surface area (Å²) in [4.78, 5) is 20.2. The number of benzene rings is 1. The molecule has 2 aromatic rings. The van der Waals surface area contributed by atoms with Crippen molar-refractivity contribution < 1.29 is 9.53 Å². The third kappa shape index (κ3) is 3.12. The summed E-state index contributed by atoms with van der Waals surface area (Å²) in [7, 11) is 1.61. The number of anilines is 1. The van der Waals surface area contributed by atoms with Gasteiger partial charge in [0.25, 0.3) is 5.91 Å². The molecule has 0 unspecified atom stereocenters. The highest BCUT2D eigenvalue weighted by Crippen LogP contribution is 2.21. The number of rotatable bonds is 4. The molecule has 0 aliphatic heterocycles. The van der Waals surface area contributed by atoms with E-state index in [-0.39, 0.29) is 5.91 Å². The van der Waals surface area contributed by atoms with Gasteiger partial charge in [0, 0.05) is 11.4 Å². The summed E-state index contributed by atoms with van der Waals surface area (Å²) < 4.78 is 5.14. The predicted molar refractivity (Wildman–Crippen MR) is 77.1 cm³/mol. The van der Waals surface area contributed by atoms with Crippen LogP contribution in [-0.2, 0) is 6.42 Å². The largest absolute Gasteiger partial charge is 0.497 e. The molecule has 0 aliphatic rings. The molecule has 0 radical (unpaired) electrons. The molecular weight excluding hydrogens is 254 g/mol. The van der Waals surface area contributed by atoms with Crippen LogP contribution >= 0.6 is 0 Å². The Morgan fingerprint density at radius 3 is 2.75 bits per heavy atom. The molecule has 0 saturated heterocycles. The first-order valence-corrected chi connectivity index (χ1v) is 6.41. The van der Waals surface area contributed by atoms with Crippen molar-refractivity contribution in [2.45, 2.75) is 20.3 Å². The molecule has 1 N–H and O–H groups in total. The number of carbonyl (C=O) groups is 1. The molecule has 1 heterocycles. The molecule has 5 heteroatoms. The van der Waals surface area contributed by atoms with Crippen LogP contribution in [0.3, 0.4) is 0 Å². The summed E-state index contributed by atoms with van der Waals surface area (Å²) in [5.41, 5.74) is 2.89. The van der Waals surface area contributed by atoms with Crippen molar-refractivity contribution in [2.24, 2.45) is 0 Å². The maximum atomic E-state index is 12.2. The highest BCUT2D eigenvalue weighted by atomic mass is 16.5. The van der Waals surface area contributed by atoms with Gasteiger partial charge in [0.2, 0.25) is 0 Å². The number of aryl methyl sites for hydroxylation is 2. The Kier molecular flexibility index (Phi) is 4.30. The first-order chi connectivity index (χ1) is 9.63. The molecule has 2 rings (SSSR count). The molecule has 0 spiro atoms. The molecule has 5 nitrogen and oxygen atoms in total. The molecule has 104 valence electrons. The SMILES string of the molecule is CCc1cc(C(=O)Nc2ccc(OC)cc2C)ncn1. The van der Waals surface area contributed by atoms with Crippen molar-refractivity contribution in [2.75, 3.05) is 12.4 Å². The summed E-state index contributed by atoms with van der Waals surface area (Å²) in [6, 6.07) is 7.19. The Morgan fingerprint density at radius 2 is 2.10 bits per heavy atom. The molecule has 20 heavy (non-hydrogen) atoms. The van der Waals surface area contributed by atoms with Gasteiger partial charge in [-0.05, 0) is 43.2 Å². The van der Waals surface area contributed by atoms with E-state index in [0.717, 1.165) is 29.1 Å². The molecule has 1 aromatic carbocycles. The van der Waals surface area contributed by atoms with Gasteiger partial charge >= 0.3 is 0 Å². The number of hydrogen-bond acceptors (Lipinski definition) is 4. The Hall–Kier alpha value is -2.43. The van der Waals surface area contributed by atoms with Gasteiger partial charge in [-0.2, -0.15) is 0 Å². The maximum absolute atomic E-state index is 12.2. The lowest BCUT2D eigenvalue weighted by Crippen LogP contribution is -2.15. The van der Waals surface area contributed by atoms with Gasteiger partial charge in [0.05, 0.1) is 7.11 Å². The highest BCUT2D eigenvalue weighted by Gasteiger charge is 2.10. The van der Waals surface area contributed by atoms with Crippen molar-refractivity contribution in [1.29, 1.82) is 0 Å². The van der Waals surface area contributed by atoms with Gasteiger partial charge in [-0.3, -0.25) is 4.79 Å². The summed E-state index contributed by atoms with van der Waals surface area (Å²) in [6.07, 6.45) is 2.18. The molecule has 0 aliphatic carbocycles. The summed E-state index contributed by atoms with van der Waals surface area (Å²) in [6.45, 7) is 3.90. The summed E-state index contributed by atoms with van der Waals surface area (Å²) in [5.74, 6) is 0.520. The van der Waals surface area contributed by atoms with Crippen LogP contribution in [0.1, 0.15) is 28.7 Å². The zero-order valence-electron chi connectivity index (χ0n) is 11.8. The number of carbonyl (C=O) groups excluding carboxylic acids is 1. The lowest BCUT2D eigenvalue weighted by Gasteiger charge is -2.09. The lowest BCUT2D eigenvalue weighted by atomic mass is 10.2. The minimum Gasteiger partial charge on any atom is -0.497 e. The molecular formula is C15H17N3O2. The Morgan fingerprint density at radius 1 is 1.30 bits per heavy atom. The Labute approximate surface area is 118 Å². The zero-order valence-corrected chi connectivity index (χ0v) is 11.8. The number of amides is 1. The van der Waals surface area contributed by atoms with E-state index in [1.165, 1.54) is 6.33 Å². The van der Waals surface area contributed by atoms with Crippen molar-refractivity contribution >= 4 is 11.6 Å². The predicted octanol–water partition coefficient (Wildman–Crippen LogP) is 2.61. The van der Waals surface area contributed by atoms with Gasteiger partial charge < -0.3 is 10.1 Å². The van der Waals surface area contributed by atoms with Crippen molar-refractivity contribution in [1.82, 2.24) is 9.97 Å². The quantitative estimate of drug-likeness (QED) is 0.928. The smallest absolute Gasteiger partial charge is 0.274 e. The zero-order chi connectivity index (χ0) is 14.5. The molecule has 0 bridgehead atoms. The van der Waals surface area contributed by atoms with Crippen LogP contribution < -0.4 is 10.1 Å². The standard InChI is InChI=1S/C15H17N3O2/c1-4-11-8-14(17-9-16-11)15(19)18-13-6-5-12(20-3)7-10(13)2/h5-9H,4H2,1-3H3,(H,18,19). The minimum absolute atomic E-state index is 0.240. The third-order valence-electron chi connectivity index (χ3n) is 3.00. The fourth-order valence-electron chi connectivity index (χ4n) is 1.80. The maximum Gasteiger partial charge on any atom is 0.274 e. The fraction of sp³-hybridized carbons (Fsp3) is 0.267. The van der Waals surface area contributed by atoms with Gasteiger partial charge in [0.1, 0.15) is 17.8 Å². The monoisotopic (exact) mass is 271 g/mol. The number of aromatic nitrogens is 2. The first kappa shape index (κ1) is 14.0. The Bertz CT molecular complexity index is 626. The van der Waals surface area contributed by atoms with E-state index in [1.807, 2.05) is 26.0 Å². The van der Waals surface area contributed by atoms with E-state index in [9.17, 15) is 4.79 Å². The van der Waals surface area contributed by atoms with Gasteiger partial charge in [-0.1, -0.05) is 6.92 Å². The number of nitrogens with zero attached hydrogens (tertiary/aromatic N) is 2. The van der Waals surface area contributed by atoms with Crippen molar-refractivity contribution in [3.05, 3.63) is 47.5 Å². The van der Waals surface area contributed by atoms with E-state index >= 15 is 0 Å². The van der Waals surface area contributed by atoms with E-state index in [0.29, 0.717) is 5.69 Å². The lowest BCUT2D eigenvalue weighted by molar-refractivity contribution is 0.102. The van der Waals surface area contributed by atoms with E-state index in [2.05, 4.69) is 15.3 Å². The van der Waals surface area contributed by atoms with Crippen LogP contribution in [0.5, 0.6) is 5.75 Å². The summed E-state index contributed by atoms with van der Waals surface area (Å²) >= 11 is 0. The molecule has 1 amide bonds. The van der Waals surface area contributed by atoms with E-state index in [1.54, 1.807) is 19.2 Å². The number of methoxy groups -OCH3 is 1. The summed E-state index contributed by atoms with van der Waals surface area (Å²) in [5, 5.41) is 2.84. The van der Waals surface area contributed by atoms with Gasteiger partial charge in [0.15, 0.2) is 0 Å². The average molecular weight is 271 g/mol. The van der Waals surface area contributed by atoms with Crippen LogP contribution in [0.2, 0.25) is 0 Å². The second-order valence-electron chi connectivity index (χ2n) is 4.38. The molecule has 0 atom stereocenters. The van der Waals surface area contributed by atoms with Crippen LogP contribution in [0.15, 0.2) is 30.6 Å². The van der Waals surface area contributed by atoms with Crippen LogP contribution in [0.4, 0.5) is 5.69 Å². The topological polar surface area (TPSA) is 64.1 Å². The second-order valence-corrected chi connectivity index (χ2v) is 4.38. The van der Waals surface area contributed by atoms with Crippen LogP contribution in [0, 0.1) is 6.92 Å². The van der Waals surface area contributed by atoms with Crippen LogP contribution in [-0.4, -0.2) is 23.0 Å². The van der Waals surface area contributed by atoms with Crippen molar-refractivity contribution in [3.8, 4) is 5.75 Å². The van der Waals surface area contributed by atoms with Crippen LogP contribution in [0.25, 0.3) is 0 Å². The number of nitrogens with one attached hydrogen (secondary N) is 1. The first-order valence-electron chi connectivity index (χ1n) is 6.41. The molecule has 0 fully saturated rings. The Balaban J connectivity index is 2.18. The fourth-order valence-corrected chi connectivity index (χ4v) is 1.80. The molecule has 0 saturated carbocycles. The van der Waals surface area contributed by atoms with Gasteiger partial charge in [-0.15, -0.1) is 0 Å². The van der Waals surface area contributed by atoms with E-state index < -0.39 is 0 Å². The molecule has 1 aromatic heterocycles. The minimum atomic E-state index is -0.240. The average Bonchev–Trinajstić information content (AvgIpc) is 2.49. The second kappa shape index (κ2) is 6.14.